The van der Waals surface area contributed by atoms with Crippen molar-refractivity contribution in [1.82, 2.24) is 4.90 Å². The molecule has 2 aromatic rings. The number of aryl methyl sites for hydroxylation is 2. The van der Waals surface area contributed by atoms with Crippen molar-refractivity contribution in [1.29, 1.82) is 0 Å². The lowest BCUT2D eigenvalue weighted by atomic mass is 9.87. The van der Waals surface area contributed by atoms with E-state index in [-0.39, 0.29) is 12.1 Å². The van der Waals surface area contributed by atoms with Crippen molar-refractivity contribution in [3.63, 3.8) is 0 Å². The zero-order chi connectivity index (χ0) is 24.8. The standard InChI is InChI=1S/C27H29N3O3S/c1-16-9-7-8-10-21(16)28-24(31)15-30-25(32)23(34-26(30)33)13-19-12-20-18(3)14-27(4,5)29(6)22(20)11-17(19)2/h7-14H,15H2,1-6H3,(H,28,31)/b23-13-. The van der Waals surface area contributed by atoms with Gasteiger partial charge in [-0.05, 0) is 92.9 Å². The van der Waals surface area contributed by atoms with E-state index in [1.54, 1.807) is 12.1 Å². The van der Waals surface area contributed by atoms with Crippen LogP contribution >= 0.6 is 11.8 Å². The highest BCUT2D eigenvalue weighted by Crippen LogP contribution is 2.40. The Morgan fingerprint density at radius 3 is 2.50 bits per heavy atom. The van der Waals surface area contributed by atoms with Gasteiger partial charge in [-0.2, -0.15) is 0 Å². The third-order valence-electron chi connectivity index (χ3n) is 6.49. The maximum atomic E-state index is 13.0. The molecule has 0 saturated carbocycles. The summed E-state index contributed by atoms with van der Waals surface area (Å²) in [6.07, 6.45) is 3.99. The number of rotatable bonds is 4. The van der Waals surface area contributed by atoms with Crippen molar-refractivity contribution in [3.05, 3.63) is 69.6 Å². The van der Waals surface area contributed by atoms with Gasteiger partial charge in [-0.3, -0.25) is 19.3 Å². The lowest BCUT2D eigenvalue weighted by Gasteiger charge is -2.41. The molecule has 0 bridgehead atoms. The Labute approximate surface area is 204 Å². The Kier molecular flexibility index (Phi) is 6.16. The van der Waals surface area contributed by atoms with Gasteiger partial charge in [0.25, 0.3) is 11.1 Å². The van der Waals surface area contributed by atoms with Crippen molar-refractivity contribution >= 4 is 51.8 Å². The average molecular weight is 476 g/mol. The number of benzene rings is 2. The Bertz CT molecular complexity index is 1280. The van der Waals surface area contributed by atoms with E-state index in [1.807, 2.05) is 32.0 Å². The minimum Gasteiger partial charge on any atom is -0.365 e. The Hall–Kier alpha value is -3.32. The molecule has 2 heterocycles. The molecule has 0 atom stereocenters. The first-order valence-corrected chi connectivity index (χ1v) is 12.0. The third-order valence-corrected chi connectivity index (χ3v) is 7.39. The molecule has 4 rings (SSSR count). The van der Waals surface area contributed by atoms with E-state index < -0.39 is 17.1 Å². The SMILES string of the molecule is CC1=CC(C)(C)N(C)c2cc(C)c(/C=C3\SC(=O)N(CC(=O)Nc4ccccc4C)C3=O)cc21. The third kappa shape index (κ3) is 4.40. The number of anilines is 2. The summed E-state index contributed by atoms with van der Waals surface area (Å²) in [6.45, 7) is 10.0. The number of carbonyl (C=O) groups excluding carboxylic acids is 3. The number of fused-ring (bicyclic) bond motifs is 1. The fourth-order valence-electron chi connectivity index (χ4n) is 4.30. The van der Waals surface area contributed by atoms with Crippen LogP contribution in [0.1, 0.15) is 43.0 Å². The van der Waals surface area contributed by atoms with E-state index in [2.05, 4.69) is 56.2 Å². The molecule has 0 unspecified atom stereocenters. The largest absolute Gasteiger partial charge is 0.365 e. The molecule has 1 saturated heterocycles. The average Bonchev–Trinajstić information content (AvgIpc) is 3.02. The van der Waals surface area contributed by atoms with Crippen molar-refractivity contribution in [2.24, 2.45) is 0 Å². The van der Waals surface area contributed by atoms with Gasteiger partial charge in [0, 0.05) is 24.0 Å². The molecule has 1 N–H and O–H groups in total. The lowest BCUT2D eigenvalue weighted by molar-refractivity contribution is -0.127. The Balaban J connectivity index is 1.56. The molecule has 0 aliphatic carbocycles. The molecule has 0 radical (unpaired) electrons. The smallest absolute Gasteiger partial charge is 0.294 e. The van der Waals surface area contributed by atoms with Crippen LogP contribution < -0.4 is 10.2 Å². The molecular weight excluding hydrogens is 446 g/mol. The van der Waals surface area contributed by atoms with E-state index in [0.29, 0.717) is 10.6 Å². The van der Waals surface area contributed by atoms with Crippen LogP contribution in [0.2, 0.25) is 0 Å². The summed E-state index contributed by atoms with van der Waals surface area (Å²) in [5.41, 5.74) is 6.80. The number of thioether (sulfide) groups is 1. The number of likely N-dealkylation sites (N-methyl/N-ethyl adjacent to an activating group) is 1. The van der Waals surface area contributed by atoms with Crippen LogP contribution in [0, 0.1) is 13.8 Å². The molecule has 2 aliphatic rings. The highest BCUT2D eigenvalue weighted by atomic mass is 32.2. The summed E-state index contributed by atoms with van der Waals surface area (Å²) in [7, 11) is 2.08. The molecule has 3 amide bonds. The van der Waals surface area contributed by atoms with Crippen molar-refractivity contribution in [2.45, 2.75) is 40.2 Å². The number of hydrogen-bond acceptors (Lipinski definition) is 5. The summed E-state index contributed by atoms with van der Waals surface area (Å²) < 4.78 is 0. The number of nitrogens with zero attached hydrogens (tertiary/aromatic N) is 2. The number of carbonyl (C=O) groups is 3. The second-order valence-electron chi connectivity index (χ2n) is 9.40. The molecule has 0 spiro atoms. The van der Waals surface area contributed by atoms with E-state index in [0.717, 1.165) is 44.6 Å². The van der Waals surface area contributed by atoms with Crippen molar-refractivity contribution in [3.8, 4) is 0 Å². The van der Waals surface area contributed by atoms with E-state index in [1.165, 1.54) is 5.57 Å². The predicted molar refractivity (Wildman–Crippen MR) is 140 cm³/mol. The number of nitrogens with one attached hydrogen (secondary N) is 1. The zero-order valence-corrected chi connectivity index (χ0v) is 21.2. The highest BCUT2D eigenvalue weighted by Gasteiger charge is 2.36. The van der Waals surface area contributed by atoms with E-state index >= 15 is 0 Å². The summed E-state index contributed by atoms with van der Waals surface area (Å²) in [5, 5.41) is 2.34. The fraction of sp³-hybridized carbons (Fsp3) is 0.296. The summed E-state index contributed by atoms with van der Waals surface area (Å²) >= 11 is 0.869. The van der Waals surface area contributed by atoms with Crippen LogP contribution in [0.3, 0.4) is 0 Å². The number of para-hydroxylation sites is 1. The van der Waals surface area contributed by atoms with Gasteiger partial charge < -0.3 is 10.2 Å². The van der Waals surface area contributed by atoms with Crippen LogP contribution in [-0.4, -0.2) is 41.1 Å². The van der Waals surface area contributed by atoms with Crippen LogP contribution in [0.25, 0.3) is 11.6 Å². The maximum absolute atomic E-state index is 13.0. The second-order valence-corrected chi connectivity index (χ2v) is 10.4. The zero-order valence-electron chi connectivity index (χ0n) is 20.4. The first-order valence-electron chi connectivity index (χ1n) is 11.2. The van der Waals surface area contributed by atoms with Crippen LogP contribution in [0.4, 0.5) is 16.2 Å². The fourth-order valence-corrected chi connectivity index (χ4v) is 5.13. The summed E-state index contributed by atoms with van der Waals surface area (Å²) in [6, 6.07) is 11.6. The van der Waals surface area contributed by atoms with E-state index in [9.17, 15) is 14.4 Å². The minimum absolute atomic E-state index is 0.0907. The van der Waals surface area contributed by atoms with Crippen LogP contribution in [0.5, 0.6) is 0 Å². The monoisotopic (exact) mass is 475 g/mol. The van der Waals surface area contributed by atoms with Gasteiger partial charge in [0.1, 0.15) is 6.54 Å². The van der Waals surface area contributed by atoms with Gasteiger partial charge in [0.15, 0.2) is 0 Å². The Morgan fingerprint density at radius 1 is 1.09 bits per heavy atom. The first kappa shape index (κ1) is 23.8. The molecule has 7 heteroatoms. The maximum Gasteiger partial charge on any atom is 0.294 e. The van der Waals surface area contributed by atoms with Crippen LogP contribution in [0.15, 0.2) is 47.4 Å². The normalized spacial score (nSPS) is 18.3. The first-order chi connectivity index (χ1) is 16.0. The van der Waals surface area contributed by atoms with Gasteiger partial charge in [-0.1, -0.05) is 24.3 Å². The van der Waals surface area contributed by atoms with Gasteiger partial charge in [-0.15, -0.1) is 0 Å². The molecule has 2 aliphatic heterocycles. The van der Waals surface area contributed by atoms with Gasteiger partial charge >= 0.3 is 0 Å². The molecule has 2 aromatic carbocycles. The molecular formula is C27H29N3O3S. The Morgan fingerprint density at radius 2 is 1.79 bits per heavy atom. The number of amides is 3. The summed E-state index contributed by atoms with van der Waals surface area (Å²) in [5.74, 6) is -0.855. The number of imide groups is 1. The number of allylic oxidation sites excluding steroid dienone is 1. The minimum atomic E-state index is -0.447. The quantitative estimate of drug-likeness (QED) is 0.582. The van der Waals surface area contributed by atoms with Gasteiger partial charge in [0.05, 0.1) is 10.4 Å². The topological polar surface area (TPSA) is 69.7 Å². The lowest BCUT2D eigenvalue weighted by Crippen LogP contribution is -2.42. The molecule has 1 fully saturated rings. The summed E-state index contributed by atoms with van der Waals surface area (Å²) in [4.78, 5) is 41.6. The van der Waals surface area contributed by atoms with E-state index in [4.69, 9.17) is 0 Å². The van der Waals surface area contributed by atoms with Gasteiger partial charge in [-0.25, -0.2) is 0 Å². The molecule has 34 heavy (non-hydrogen) atoms. The molecule has 176 valence electrons. The molecule has 6 nitrogen and oxygen atoms in total. The van der Waals surface area contributed by atoms with Crippen molar-refractivity contribution < 1.29 is 14.4 Å². The van der Waals surface area contributed by atoms with Crippen molar-refractivity contribution in [2.75, 3.05) is 23.8 Å². The van der Waals surface area contributed by atoms with Gasteiger partial charge in [0.2, 0.25) is 5.91 Å². The van der Waals surface area contributed by atoms with Crippen LogP contribution in [-0.2, 0) is 9.59 Å². The number of hydrogen-bond donors (Lipinski definition) is 1. The highest BCUT2D eigenvalue weighted by molar-refractivity contribution is 8.18. The predicted octanol–water partition coefficient (Wildman–Crippen LogP) is 5.61. The second kappa shape index (κ2) is 8.80. The molecule has 0 aromatic heterocycles.